The van der Waals surface area contributed by atoms with Gasteiger partial charge in [-0.1, -0.05) is 0 Å². The molecule has 0 unspecified atom stereocenters. The predicted octanol–water partition coefficient (Wildman–Crippen LogP) is 6.52. The minimum absolute atomic E-state index is 0.00488. The average Bonchev–Trinajstić information content (AvgIpc) is 1.05. The first-order chi connectivity index (χ1) is 40.4. The lowest BCUT2D eigenvalue weighted by molar-refractivity contribution is -0.144. The van der Waals surface area contributed by atoms with Gasteiger partial charge in [0, 0.05) is 111 Å². The monoisotopic (exact) mass is 1250 g/mol. The molecule has 0 aliphatic carbocycles. The van der Waals surface area contributed by atoms with Crippen molar-refractivity contribution in [1.29, 1.82) is 0 Å². The van der Waals surface area contributed by atoms with Gasteiger partial charge in [0.25, 0.3) is 0 Å². The zero-order chi connectivity index (χ0) is 66.8. The maximum atomic E-state index is 14.1. The predicted molar refractivity (Wildman–Crippen MR) is 331 cm³/mol. The third-order valence-corrected chi connectivity index (χ3v) is 12.7. The van der Waals surface area contributed by atoms with Crippen molar-refractivity contribution < 1.29 is 71.5 Å². The molecular weight excluding hydrogens is 1140 g/mol. The topological polar surface area (TPSA) is 316 Å². The van der Waals surface area contributed by atoms with E-state index in [2.05, 4.69) is 10.6 Å². The summed E-state index contributed by atoms with van der Waals surface area (Å²) in [7, 11) is 1.23. The number of ether oxygens (including phenoxy) is 7. The Labute approximate surface area is 521 Å². The Morgan fingerprint density at radius 2 is 0.670 bits per heavy atom. The molecule has 502 valence electrons. The van der Waals surface area contributed by atoms with E-state index in [1.54, 1.807) is 134 Å². The number of carbonyl (C=O) groups is 8. The largest absolute Gasteiger partial charge is 0.467 e. The SMILES string of the molecule is COC(=O)[C@H](C)NC(=O)[C@@H](N)CCCCNc1nc(N2CCN(C(=O)OC(C)(C)C)CCN(C(=O)OC(C)(C)C)CCN(C(=O)OC(C)(C)C)CC2)nc(N2CCN(C(=O)OC(C)(C)C)CCN(C(=O)OC(C)(C)C)CCN(C(=O)OC(C)(C)C)CC2)n1. The molecule has 2 atom stereocenters. The summed E-state index contributed by atoms with van der Waals surface area (Å²) in [5.41, 5.74) is 0.993. The molecule has 2 fully saturated rings. The summed E-state index contributed by atoms with van der Waals surface area (Å²) in [6.07, 6.45) is -2.63. The van der Waals surface area contributed by atoms with E-state index < -0.39 is 94.1 Å². The van der Waals surface area contributed by atoms with Gasteiger partial charge in [-0.15, -0.1) is 0 Å². The Bertz CT molecular complexity index is 2260. The molecule has 29 heteroatoms. The molecule has 0 aromatic carbocycles. The number of anilines is 3. The van der Waals surface area contributed by atoms with Gasteiger partial charge in [0.05, 0.1) is 13.2 Å². The van der Waals surface area contributed by atoms with Crippen molar-refractivity contribution in [3.05, 3.63) is 0 Å². The summed E-state index contributed by atoms with van der Waals surface area (Å²) in [6.45, 7) is 33.6. The molecule has 29 nitrogen and oxygen atoms in total. The summed E-state index contributed by atoms with van der Waals surface area (Å²) >= 11 is 0. The number of hydrogen-bond donors (Lipinski definition) is 3. The molecule has 2 aliphatic heterocycles. The number of carbonyl (C=O) groups excluding carboxylic acids is 8. The smallest absolute Gasteiger partial charge is 0.410 e. The Hall–Kier alpha value is -7.07. The molecule has 0 saturated carbocycles. The van der Waals surface area contributed by atoms with Gasteiger partial charge in [-0.05, 0) is 151 Å². The zero-order valence-electron chi connectivity index (χ0n) is 56.4. The highest BCUT2D eigenvalue weighted by atomic mass is 16.6. The average molecular weight is 1250 g/mol. The molecule has 7 amide bonds. The van der Waals surface area contributed by atoms with Crippen molar-refractivity contribution in [1.82, 2.24) is 49.7 Å². The highest BCUT2D eigenvalue weighted by Gasteiger charge is 2.34. The first-order valence-corrected chi connectivity index (χ1v) is 30.4. The number of methoxy groups -OCH3 is 1. The normalized spacial score (nSPS) is 16.9. The van der Waals surface area contributed by atoms with E-state index in [9.17, 15) is 38.4 Å². The van der Waals surface area contributed by atoms with E-state index in [0.717, 1.165) is 0 Å². The summed E-state index contributed by atoms with van der Waals surface area (Å²) in [6, 6.07) is -1.82. The van der Waals surface area contributed by atoms with E-state index in [0.29, 0.717) is 12.8 Å². The lowest BCUT2D eigenvalue weighted by Crippen LogP contribution is -2.52. The number of esters is 1. The van der Waals surface area contributed by atoms with Crippen LogP contribution in [-0.4, -0.2) is 257 Å². The van der Waals surface area contributed by atoms with Crippen LogP contribution in [0, 0.1) is 0 Å². The second kappa shape index (κ2) is 32.4. The van der Waals surface area contributed by atoms with Crippen molar-refractivity contribution in [3.8, 4) is 0 Å². The van der Waals surface area contributed by atoms with E-state index >= 15 is 0 Å². The molecule has 4 N–H and O–H groups in total. The lowest BCUT2D eigenvalue weighted by Gasteiger charge is -2.36. The van der Waals surface area contributed by atoms with Crippen LogP contribution in [0.4, 0.5) is 46.6 Å². The maximum absolute atomic E-state index is 14.1. The Kier molecular flexibility index (Phi) is 27.7. The highest BCUT2D eigenvalue weighted by Crippen LogP contribution is 2.23. The Morgan fingerprint density at radius 1 is 0.420 bits per heavy atom. The number of hydrogen-bond acceptors (Lipinski definition) is 22. The number of amides is 7. The molecule has 2 saturated heterocycles. The van der Waals surface area contributed by atoms with Gasteiger partial charge < -0.3 is 88.7 Å². The quantitative estimate of drug-likeness (QED) is 0.121. The fourth-order valence-corrected chi connectivity index (χ4v) is 8.37. The fraction of sp³-hybridized carbons (Fsp3) is 0.814. The second-order valence-corrected chi connectivity index (χ2v) is 27.8. The van der Waals surface area contributed by atoms with Crippen LogP contribution in [0.15, 0.2) is 0 Å². The first kappa shape index (κ1) is 75.2. The van der Waals surface area contributed by atoms with Crippen LogP contribution in [0.1, 0.15) is 151 Å². The van der Waals surface area contributed by atoms with Gasteiger partial charge in [0.1, 0.15) is 39.6 Å². The van der Waals surface area contributed by atoms with Gasteiger partial charge >= 0.3 is 42.5 Å². The zero-order valence-corrected chi connectivity index (χ0v) is 56.4. The molecule has 1 aromatic rings. The lowest BCUT2D eigenvalue weighted by atomic mass is 10.1. The minimum Gasteiger partial charge on any atom is -0.467 e. The fourth-order valence-electron chi connectivity index (χ4n) is 8.37. The van der Waals surface area contributed by atoms with Crippen LogP contribution in [-0.2, 0) is 42.7 Å². The molecule has 2 aliphatic rings. The van der Waals surface area contributed by atoms with Crippen LogP contribution in [0.5, 0.6) is 0 Å². The third-order valence-electron chi connectivity index (χ3n) is 12.7. The van der Waals surface area contributed by atoms with Crippen molar-refractivity contribution in [2.24, 2.45) is 5.73 Å². The van der Waals surface area contributed by atoms with Crippen LogP contribution < -0.4 is 26.2 Å². The van der Waals surface area contributed by atoms with Crippen LogP contribution >= 0.6 is 0 Å². The van der Waals surface area contributed by atoms with Crippen molar-refractivity contribution >= 4 is 66.3 Å². The van der Waals surface area contributed by atoms with Gasteiger partial charge in [0.2, 0.25) is 23.8 Å². The number of unbranched alkanes of at least 4 members (excludes halogenated alkanes) is 1. The molecule has 1 aromatic heterocycles. The highest BCUT2D eigenvalue weighted by molar-refractivity contribution is 5.87. The van der Waals surface area contributed by atoms with E-state index in [-0.39, 0.29) is 136 Å². The summed E-state index contributed by atoms with van der Waals surface area (Å²) in [5, 5.41) is 5.89. The Balaban J connectivity index is 2.31. The molecular formula is C59H106N14O15. The summed E-state index contributed by atoms with van der Waals surface area (Å²) < 4.78 is 40.0. The molecule has 0 radical (unpaired) electrons. The van der Waals surface area contributed by atoms with Crippen molar-refractivity contribution in [2.75, 3.05) is 133 Å². The summed E-state index contributed by atoms with van der Waals surface area (Å²) in [5.74, 6) is -0.798. The molecule has 0 spiro atoms. The molecule has 88 heavy (non-hydrogen) atoms. The van der Waals surface area contributed by atoms with Gasteiger partial charge in [0.15, 0.2) is 0 Å². The van der Waals surface area contributed by atoms with Crippen molar-refractivity contribution in [3.63, 3.8) is 0 Å². The number of rotatable bonds is 11. The first-order valence-electron chi connectivity index (χ1n) is 30.4. The van der Waals surface area contributed by atoms with Gasteiger partial charge in [-0.25, -0.2) is 33.6 Å². The van der Waals surface area contributed by atoms with E-state index in [1.165, 1.54) is 43.4 Å². The second-order valence-electron chi connectivity index (χ2n) is 27.8. The van der Waals surface area contributed by atoms with Crippen LogP contribution in [0.3, 0.4) is 0 Å². The number of aromatic nitrogens is 3. The Morgan fingerprint density at radius 3 is 0.909 bits per heavy atom. The van der Waals surface area contributed by atoms with Crippen LogP contribution in [0.2, 0.25) is 0 Å². The maximum Gasteiger partial charge on any atom is 0.410 e. The van der Waals surface area contributed by atoms with Crippen LogP contribution in [0.25, 0.3) is 0 Å². The summed E-state index contributed by atoms with van der Waals surface area (Å²) in [4.78, 5) is 137. The molecule has 3 heterocycles. The standard InChI is InChI=1S/C59H106N14O15/c1-41(44(75)82-20)62-43(74)42(60)23-21-22-24-61-45-63-46(66-25-29-68(48(76)83-54(2,3)4)33-37-72(52(80)87-58(14,15)16)38-34-69(30-26-66)49(77)84-55(5,6)7)65-47(64-45)67-27-31-70(50(78)85-56(8,9)10)35-39-73(53(81)88-59(17,18)19)40-36-71(32-28-67)51(79)86-57(11,12)13/h41-42H,21-40,60H2,1-20H3,(H,62,74)(H,61,63,64,65)/t41-,42-/m0/s1. The molecule has 0 bridgehead atoms. The van der Waals surface area contributed by atoms with Crippen molar-refractivity contribution in [2.45, 2.75) is 197 Å². The number of nitrogens with two attached hydrogens (primary N) is 1. The van der Waals surface area contributed by atoms with E-state index in [1.807, 2.05) is 0 Å². The number of nitrogens with zero attached hydrogens (tertiary/aromatic N) is 11. The third kappa shape index (κ3) is 28.8. The minimum atomic E-state index is -0.924. The molecule has 3 rings (SSSR count). The van der Waals surface area contributed by atoms with Gasteiger partial charge in [-0.3, -0.25) is 4.79 Å². The number of nitrogens with one attached hydrogen (secondary N) is 2. The van der Waals surface area contributed by atoms with E-state index in [4.69, 9.17) is 53.8 Å². The van der Waals surface area contributed by atoms with Gasteiger partial charge in [-0.2, -0.15) is 15.0 Å².